The Morgan fingerprint density at radius 2 is 2.21 bits per heavy atom. The molecule has 0 spiro atoms. The van der Waals surface area contributed by atoms with Crippen LogP contribution in [-0.4, -0.2) is 6.26 Å². The lowest BCUT2D eigenvalue weighted by Gasteiger charge is -1.99. The van der Waals surface area contributed by atoms with Crippen molar-refractivity contribution in [3.63, 3.8) is 0 Å². The number of fused-ring (bicyclic) bond motifs is 1. The molecule has 0 atom stereocenters. The highest BCUT2D eigenvalue weighted by molar-refractivity contribution is 9.10. The summed E-state index contributed by atoms with van der Waals surface area (Å²) in [6.45, 7) is 0. The predicted molar refractivity (Wildman–Crippen MR) is 62.0 cm³/mol. The van der Waals surface area contributed by atoms with Crippen molar-refractivity contribution in [2.24, 2.45) is 0 Å². The van der Waals surface area contributed by atoms with E-state index in [9.17, 15) is 4.79 Å². The normalized spacial score (nSPS) is 10.7. The zero-order chi connectivity index (χ0) is 10.1. The summed E-state index contributed by atoms with van der Waals surface area (Å²) in [6, 6.07) is 5.41. The third-order valence-electron chi connectivity index (χ3n) is 1.92. The van der Waals surface area contributed by atoms with Crippen molar-refractivity contribution in [3.05, 3.63) is 39.2 Å². The molecule has 14 heavy (non-hydrogen) atoms. The highest BCUT2D eigenvalue weighted by Crippen LogP contribution is 2.20. The van der Waals surface area contributed by atoms with Gasteiger partial charge in [-0.1, -0.05) is 15.9 Å². The second-order valence-corrected chi connectivity index (χ2v) is 4.54. The van der Waals surface area contributed by atoms with Gasteiger partial charge in [0.25, 0.3) is 0 Å². The maximum atomic E-state index is 11.8. The molecule has 0 bridgehead atoms. The van der Waals surface area contributed by atoms with Gasteiger partial charge in [-0.15, -0.1) is 11.8 Å². The van der Waals surface area contributed by atoms with Crippen molar-refractivity contribution in [1.82, 2.24) is 0 Å². The number of thioether (sulfide) groups is 1. The minimum atomic E-state index is 0.0278. The first-order valence-electron chi connectivity index (χ1n) is 3.97. The molecule has 72 valence electrons. The molecular weight excluding hydrogens is 264 g/mol. The van der Waals surface area contributed by atoms with Gasteiger partial charge in [-0.25, -0.2) is 0 Å². The third kappa shape index (κ3) is 1.60. The Balaban J connectivity index is 2.87. The molecule has 2 nitrogen and oxygen atoms in total. The molecule has 0 unspecified atom stereocenters. The van der Waals surface area contributed by atoms with E-state index < -0.39 is 0 Å². The molecule has 2 rings (SSSR count). The topological polar surface area (TPSA) is 30.2 Å². The summed E-state index contributed by atoms with van der Waals surface area (Å²) in [6.07, 6.45) is 3.36. The highest BCUT2D eigenvalue weighted by atomic mass is 79.9. The highest BCUT2D eigenvalue weighted by Gasteiger charge is 2.05. The summed E-state index contributed by atoms with van der Waals surface area (Å²) < 4.78 is 6.21. The molecule has 0 aliphatic rings. The van der Waals surface area contributed by atoms with Crippen LogP contribution in [0.3, 0.4) is 0 Å². The van der Waals surface area contributed by atoms with Crippen LogP contribution in [0.2, 0.25) is 0 Å². The van der Waals surface area contributed by atoms with Crippen LogP contribution in [0.15, 0.2) is 43.0 Å². The minimum Gasteiger partial charge on any atom is -0.463 e. The molecule has 1 heterocycles. The van der Waals surface area contributed by atoms with Crippen LogP contribution in [0.25, 0.3) is 11.0 Å². The van der Waals surface area contributed by atoms with E-state index in [2.05, 4.69) is 15.9 Å². The first kappa shape index (κ1) is 9.80. The van der Waals surface area contributed by atoms with Crippen molar-refractivity contribution in [1.29, 1.82) is 0 Å². The Morgan fingerprint density at radius 1 is 1.43 bits per heavy atom. The fourth-order valence-corrected chi connectivity index (χ4v) is 2.03. The van der Waals surface area contributed by atoms with Gasteiger partial charge in [0.05, 0.1) is 10.3 Å². The summed E-state index contributed by atoms with van der Waals surface area (Å²) >= 11 is 4.72. The second-order valence-electron chi connectivity index (χ2n) is 2.77. The lowest BCUT2D eigenvalue weighted by Crippen LogP contribution is -2.02. The van der Waals surface area contributed by atoms with E-state index in [4.69, 9.17) is 4.42 Å². The van der Waals surface area contributed by atoms with E-state index >= 15 is 0 Å². The molecule has 2 aromatic rings. The summed E-state index contributed by atoms with van der Waals surface area (Å²) in [5, 5.41) is 0.617. The lowest BCUT2D eigenvalue weighted by molar-refractivity contribution is 0.587. The molecule has 0 radical (unpaired) electrons. The van der Waals surface area contributed by atoms with Gasteiger partial charge in [-0.05, 0) is 24.5 Å². The standard InChI is InChI=1S/C10H7BrO2S/c1-14-9-5-13-8-3-2-6(11)4-7(8)10(9)12/h2-5H,1H3. The molecule has 0 aliphatic heterocycles. The summed E-state index contributed by atoms with van der Waals surface area (Å²) in [5.41, 5.74) is 0.649. The summed E-state index contributed by atoms with van der Waals surface area (Å²) in [7, 11) is 0. The Labute approximate surface area is 93.4 Å². The van der Waals surface area contributed by atoms with Crippen molar-refractivity contribution in [3.8, 4) is 0 Å². The Kier molecular flexibility index (Phi) is 2.65. The molecule has 0 fully saturated rings. The zero-order valence-electron chi connectivity index (χ0n) is 7.41. The maximum Gasteiger partial charge on any atom is 0.206 e. The van der Waals surface area contributed by atoms with Crippen molar-refractivity contribution >= 4 is 38.7 Å². The van der Waals surface area contributed by atoms with E-state index in [1.807, 2.05) is 12.3 Å². The molecule has 1 aromatic carbocycles. The second kappa shape index (κ2) is 3.79. The van der Waals surface area contributed by atoms with Crippen LogP contribution in [0.1, 0.15) is 0 Å². The van der Waals surface area contributed by atoms with Crippen molar-refractivity contribution in [2.75, 3.05) is 6.26 Å². The van der Waals surface area contributed by atoms with Gasteiger partial charge in [0, 0.05) is 4.47 Å². The smallest absolute Gasteiger partial charge is 0.206 e. The largest absolute Gasteiger partial charge is 0.463 e. The molecule has 1 aromatic heterocycles. The summed E-state index contributed by atoms with van der Waals surface area (Å²) in [4.78, 5) is 12.4. The van der Waals surface area contributed by atoms with Crippen LogP contribution < -0.4 is 5.43 Å². The van der Waals surface area contributed by atoms with Gasteiger partial charge >= 0.3 is 0 Å². The van der Waals surface area contributed by atoms with Gasteiger partial charge in [0.15, 0.2) is 0 Å². The minimum absolute atomic E-state index is 0.0278. The number of hydrogen-bond acceptors (Lipinski definition) is 3. The third-order valence-corrected chi connectivity index (χ3v) is 3.14. The van der Waals surface area contributed by atoms with Crippen LogP contribution in [0.4, 0.5) is 0 Å². The van der Waals surface area contributed by atoms with Crippen LogP contribution in [0, 0.1) is 0 Å². The number of rotatable bonds is 1. The predicted octanol–water partition coefficient (Wildman–Crippen LogP) is 3.28. The molecule has 0 saturated heterocycles. The monoisotopic (exact) mass is 270 g/mol. The molecule has 4 heteroatoms. The van der Waals surface area contributed by atoms with Crippen molar-refractivity contribution < 1.29 is 4.42 Å². The molecule has 0 aliphatic carbocycles. The number of benzene rings is 1. The summed E-state index contributed by atoms with van der Waals surface area (Å²) in [5.74, 6) is 0. The van der Waals surface area contributed by atoms with E-state index in [1.165, 1.54) is 18.0 Å². The molecule has 0 saturated carbocycles. The van der Waals surface area contributed by atoms with Gasteiger partial charge < -0.3 is 4.42 Å². The Hall–Kier alpha value is -0.740. The van der Waals surface area contributed by atoms with E-state index in [1.54, 1.807) is 12.1 Å². The SMILES string of the molecule is CSc1coc2ccc(Br)cc2c1=O. The average Bonchev–Trinajstić information content (AvgIpc) is 2.20. The molecule has 0 amide bonds. The molecular formula is C10H7BrO2S. The first-order valence-corrected chi connectivity index (χ1v) is 5.99. The zero-order valence-corrected chi connectivity index (χ0v) is 9.81. The number of hydrogen-bond donors (Lipinski definition) is 0. The fourth-order valence-electron chi connectivity index (χ4n) is 1.23. The first-order chi connectivity index (χ1) is 6.72. The van der Waals surface area contributed by atoms with Gasteiger partial charge in [0.2, 0.25) is 5.43 Å². The van der Waals surface area contributed by atoms with Crippen LogP contribution in [-0.2, 0) is 0 Å². The van der Waals surface area contributed by atoms with Gasteiger partial charge in [-0.2, -0.15) is 0 Å². The fraction of sp³-hybridized carbons (Fsp3) is 0.100. The van der Waals surface area contributed by atoms with Gasteiger partial charge in [-0.3, -0.25) is 4.79 Å². The maximum absolute atomic E-state index is 11.8. The Bertz CT molecular complexity index is 533. The number of halogens is 1. The molecule has 0 N–H and O–H groups in total. The average molecular weight is 271 g/mol. The van der Waals surface area contributed by atoms with Crippen LogP contribution >= 0.6 is 27.7 Å². The quantitative estimate of drug-likeness (QED) is 0.745. The Morgan fingerprint density at radius 3 is 2.93 bits per heavy atom. The van der Waals surface area contributed by atoms with E-state index in [0.29, 0.717) is 15.9 Å². The van der Waals surface area contributed by atoms with Crippen LogP contribution in [0.5, 0.6) is 0 Å². The van der Waals surface area contributed by atoms with Crippen molar-refractivity contribution in [2.45, 2.75) is 4.90 Å². The van der Waals surface area contributed by atoms with E-state index in [-0.39, 0.29) is 5.43 Å². The lowest BCUT2D eigenvalue weighted by atomic mass is 10.2. The van der Waals surface area contributed by atoms with E-state index in [0.717, 1.165) is 4.47 Å². The van der Waals surface area contributed by atoms with Gasteiger partial charge in [0.1, 0.15) is 11.8 Å².